The molecular weight excluding hydrogens is 232 g/mol. The second-order valence-corrected chi connectivity index (χ2v) is 4.38. The van der Waals surface area contributed by atoms with Crippen molar-refractivity contribution >= 4 is 11.9 Å². The van der Waals surface area contributed by atoms with Gasteiger partial charge in [0.15, 0.2) is 0 Å². The molecule has 0 spiro atoms. The van der Waals surface area contributed by atoms with Gasteiger partial charge in [0.25, 0.3) is 0 Å². The van der Waals surface area contributed by atoms with Crippen molar-refractivity contribution in [1.29, 1.82) is 0 Å². The van der Waals surface area contributed by atoms with E-state index in [-0.39, 0.29) is 6.04 Å². The minimum atomic E-state index is 0.0709. The average Bonchev–Trinajstić information content (AvgIpc) is 2.47. The topological polar surface area (TPSA) is 38.4 Å². The van der Waals surface area contributed by atoms with Gasteiger partial charge in [-0.3, -0.25) is 4.99 Å². The fourth-order valence-electron chi connectivity index (χ4n) is 1.82. The molecule has 2 aromatic carbocycles. The van der Waals surface area contributed by atoms with Crippen molar-refractivity contribution in [3.8, 4) is 0 Å². The molecule has 0 bridgehead atoms. The maximum Gasteiger partial charge on any atom is 0.118 e. The van der Waals surface area contributed by atoms with E-state index in [9.17, 15) is 0 Å². The summed E-state index contributed by atoms with van der Waals surface area (Å²) in [5.41, 5.74) is 8.21. The van der Waals surface area contributed by atoms with Crippen LogP contribution in [-0.2, 0) is 0 Å². The van der Waals surface area contributed by atoms with Crippen LogP contribution in [0.15, 0.2) is 71.7 Å². The summed E-state index contributed by atoms with van der Waals surface area (Å²) in [4.78, 5) is 4.47. The molecule has 0 unspecified atom stereocenters. The number of hydrogen-bond donors (Lipinski definition) is 1. The Labute approximate surface area is 114 Å². The molecule has 0 fully saturated rings. The predicted octanol–water partition coefficient (Wildman–Crippen LogP) is 3.82. The SMILES string of the molecule is C[C@@H](N=C(N)C=Cc1ccccc1)c1ccccc1. The van der Waals surface area contributed by atoms with Crippen molar-refractivity contribution in [3.63, 3.8) is 0 Å². The smallest absolute Gasteiger partial charge is 0.118 e. The quantitative estimate of drug-likeness (QED) is 0.650. The van der Waals surface area contributed by atoms with Gasteiger partial charge in [-0.1, -0.05) is 66.7 Å². The van der Waals surface area contributed by atoms with E-state index in [1.54, 1.807) is 0 Å². The summed E-state index contributed by atoms with van der Waals surface area (Å²) >= 11 is 0. The Balaban J connectivity index is 2.05. The molecule has 0 saturated carbocycles. The predicted molar refractivity (Wildman–Crippen MR) is 82.0 cm³/mol. The number of nitrogens with zero attached hydrogens (tertiary/aromatic N) is 1. The number of hydrogen-bond acceptors (Lipinski definition) is 1. The van der Waals surface area contributed by atoms with Crippen LogP contribution in [-0.4, -0.2) is 5.84 Å². The molecule has 0 radical (unpaired) electrons. The molecule has 2 rings (SSSR count). The first-order chi connectivity index (χ1) is 9.25. The molecule has 0 aliphatic rings. The summed E-state index contributed by atoms with van der Waals surface area (Å²) in [5, 5.41) is 0. The van der Waals surface area contributed by atoms with Crippen LogP contribution in [0.5, 0.6) is 0 Å². The van der Waals surface area contributed by atoms with E-state index in [1.807, 2.05) is 67.6 Å². The standard InChI is InChI=1S/C17H18N2/c1-14(16-10-6-3-7-11-16)19-17(18)13-12-15-8-4-2-5-9-15/h2-14H,1H3,(H2,18,19)/t14-/m1/s1. The summed E-state index contributed by atoms with van der Waals surface area (Å²) in [7, 11) is 0. The Kier molecular flexibility index (Phi) is 4.51. The molecule has 0 aliphatic carbocycles. The van der Waals surface area contributed by atoms with E-state index in [2.05, 4.69) is 17.1 Å². The van der Waals surface area contributed by atoms with Gasteiger partial charge in [0.1, 0.15) is 5.84 Å². The van der Waals surface area contributed by atoms with Crippen molar-refractivity contribution in [2.24, 2.45) is 10.7 Å². The summed E-state index contributed by atoms with van der Waals surface area (Å²) in [6.07, 6.45) is 3.81. The average molecular weight is 250 g/mol. The Bertz CT molecular complexity index is 556. The molecule has 2 aromatic rings. The van der Waals surface area contributed by atoms with Gasteiger partial charge in [-0.05, 0) is 24.1 Å². The van der Waals surface area contributed by atoms with Gasteiger partial charge < -0.3 is 5.73 Å². The molecule has 0 amide bonds. The summed E-state index contributed by atoms with van der Waals surface area (Å²) in [6.45, 7) is 2.04. The van der Waals surface area contributed by atoms with Crippen molar-refractivity contribution < 1.29 is 0 Å². The molecule has 1 atom stereocenters. The van der Waals surface area contributed by atoms with Crippen molar-refractivity contribution in [2.75, 3.05) is 0 Å². The molecule has 0 aliphatic heterocycles. The zero-order valence-corrected chi connectivity index (χ0v) is 11.0. The van der Waals surface area contributed by atoms with Crippen molar-refractivity contribution in [2.45, 2.75) is 13.0 Å². The first-order valence-electron chi connectivity index (χ1n) is 6.37. The minimum absolute atomic E-state index is 0.0709. The number of amidine groups is 1. The molecule has 0 heterocycles. The van der Waals surface area contributed by atoms with Crippen molar-refractivity contribution in [3.05, 3.63) is 77.9 Å². The molecule has 0 saturated heterocycles. The summed E-state index contributed by atoms with van der Waals surface area (Å²) < 4.78 is 0. The van der Waals surface area contributed by atoms with E-state index in [0.717, 1.165) is 5.56 Å². The van der Waals surface area contributed by atoms with E-state index < -0.39 is 0 Å². The third-order valence-electron chi connectivity index (χ3n) is 2.87. The zero-order chi connectivity index (χ0) is 13.5. The van der Waals surface area contributed by atoms with E-state index in [4.69, 9.17) is 5.73 Å². The van der Waals surface area contributed by atoms with Crippen molar-refractivity contribution in [1.82, 2.24) is 0 Å². The molecule has 2 nitrogen and oxygen atoms in total. The monoisotopic (exact) mass is 250 g/mol. The van der Waals surface area contributed by atoms with Gasteiger partial charge in [-0.25, -0.2) is 0 Å². The Hall–Kier alpha value is -2.35. The van der Waals surface area contributed by atoms with Gasteiger partial charge in [0.2, 0.25) is 0 Å². The highest BCUT2D eigenvalue weighted by molar-refractivity contribution is 5.95. The first-order valence-corrected chi connectivity index (χ1v) is 6.37. The van der Waals surface area contributed by atoms with Gasteiger partial charge >= 0.3 is 0 Å². The second kappa shape index (κ2) is 6.55. The third kappa shape index (κ3) is 4.11. The summed E-state index contributed by atoms with van der Waals surface area (Å²) in [6, 6.07) is 20.3. The Morgan fingerprint density at radius 3 is 2.21 bits per heavy atom. The second-order valence-electron chi connectivity index (χ2n) is 4.38. The Morgan fingerprint density at radius 1 is 1.00 bits per heavy atom. The molecule has 0 aromatic heterocycles. The number of nitrogens with two attached hydrogens (primary N) is 1. The lowest BCUT2D eigenvalue weighted by atomic mass is 10.1. The van der Waals surface area contributed by atoms with Crippen LogP contribution in [0.2, 0.25) is 0 Å². The van der Waals surface area contributed by atoms with E-state index >= 15 is 0 Å². The zero-order valence-electron chi connectivity index (χ0n) is 11.0. The van der Waals surface area contributed by atoms with Gasteiger partial charge in [0.05, 0.1) is 6.04 Å². The molecule has 96 valence electrons. The molecule has 2 N–H and O–H groups in total. The molecule has 2 heteroatoms. The number of rotatable bonds is 4. The number of benzene rings is 2. The van der Waals surface area contributed by atoms with Crippen LogP contribution in [0.4, 0.5) is 0 Å². The van der Waals surface area contributed by atoms with Gasteiger partial charge in [-0.2, -0.15) is 0 Å². The van der Waals surface area contributed by atoms with Crippen LogP contribution in [0, 0.1) is 0 Å². The van der Waals surface area contributed by atoms with Crippen LogP contribution in [0.25, 0.3) is 6.08 Å². The highest BCUT2D eigenvalue weighted by Crippen LogP contribution is 2.15. The molecular formula is C17H18N2. The van der Waals surface area contributed by atoms with Gasteiger partial charge in [0, 0.05) is 0 Å². The fourth-order valence-corrected chi connectivity index (χ4v) is 1.82. The van der Waals surface area contributed by atoms with E-state index in [1.165, 1.54) is 5.56 Å². The van der Waals surface area contributed by atoms with Crippen LogP contribution < -0.4 is 5.73 Å². The maximum atomic E-state index is 5.92. The van der Waals surface area contributed by atoms with Crippen LogP contribution in [0.3, 0.4) is 0 Å². The van der Waals surface area contributed by atoms with Crippen LogP contribution in [0.1, 0.15) is 24.1 Å². The first kappa shape index (κ1) is 13.1. The fraction of sp³-hybridized carbons (Fsp3) is 0.118. The number of aliphatic imine (C=N–C) groups is 1. The van der Waals surface area contributed by atoms with Crippen LogP contribution >= 0.6 is 0 Å². The largest absolute Gasteiger partial charge is 0.384 e. The minimum Gasteiger partial charge on any atom is -0.384 e. The lowest BCUT2D eigenvalue weighted by molar-refractivity contribution is 0.819. The normalized spacial score (nSPS) is 13.6. The highest BCUT2D eigenvalue weighted by Gasteiger charge is 2.01. The maximum absolute atomic E-state index is 5.92. The van der Waals surface area contributed by atoms with Gasteiger partial charge in [-0.15, -0.1) is 0 Å². The lowest BCUT2D eigenvalue weighted by Crippen LogP contribution is -2.09. The van der Waals surface area contributed by atoms with E-state index in [0.29, 0.717) is 5.84 Å². The summed E-state index contributed by atoms with van der Waals surface area (Å²) in [5.74, 6) is 0.542. The highest BCUT2D eigenvalue weighted by atomic mass is 14.9. The Morgan fingerprint density at radius 2 is 1.58 bits per heavy atom. The third-order valence-corrected chi connectivity index (χ3v) is 2.87. The lowest BCUT2D eigenvalue weighted by Gasteiger charge is -2.06. The molecule has 19 heavy (non-hydrogen) atoms.